The Labute approximate surface area is 150 Å². The van der Waals surface area contributed by atoms with Crippen LogP contribution in [0.5, 0.6) is 0 Å². The highest BCUT2D eigenvalue weighted by Crippen LogP contribution is 2.67. The summed E-state index contributed by atoms with van der Waals surface area (Å²) in [5.41, 5.74) is -0.288. The van der Waals surface area contributed by atoms with E-state index in [1.165, 1.54) is 25.7 Å². The molecule has 1 heterocycles. The Morgan fingerprint density at radius 2 is 1.80 bits per heavy atom. The highest BCUT2D eigenvalue weighted by molar-refractivity contribution is 5.74. The second kappa shape index (κ2) is 5.34. The van der Waals surface area contributed by atoms with Gasteiger partial charge in [0.1, 0.15) is 5.60 Å². The van der Waals surface area contributed by atoms with E-state index in [2.05, 4.69) is 12.2 Å². The van der Waals surface area contributed by atoms with Crippen LogP contribution in [0, 0.1) is 41.4 Å². The van der Waals surface area contributed by atoms with E-state index in [4.69, 9.17) is 9.47 Å². The Balaban J connectivity index is 1.21. The third-order valence-corrected chi connectivity index (χ3v) is 8.84. The molecule has 0 aromatic heterocycles. The Morgan fingerprint density at radius 3 is 2.56 bits per heavy atom. The zero-order chi connectivity index (χ0) is 16.6. The molecule has 25 heavy (non-hydrogen) atoms. The van der Waals surface area contributed by atoms with Gasteiger partial charge in [-0.15, -0.1) is 0 Å². The van der Waals surface area contributed by atoms with Gasteiger partial charge in [-0.05, 0) is 93.3 Å². The van der Waals surface area contributed by atoms with Crippen molar-refractivity contribution in [3.8, 4) is 0 Å². The van der Waals surface area contributed by atoms with Gasteiger partial charge >= 0.3 is 5.97 Å². The smallest absolute Gasteiger partial charge is 0.309 e. The maximum absolute atomic E-state index is 13.3. The van der Waals surface area contributed by atoms with E-state index in [0.29, 0.717) is 5.92 Å². The van der Waals surface area contributed by atoms with Gasteiger partial charge in [-0.25, -0.2) is 0 Å². The van der Waals surface area contributed by atoms with E-state index < -0.39 is 0 Å². The van der Waals surface area contributed by atoms with Crippen molar-refractivity contribution in [3.05, 3.63) is 12.2 Å². The fraction of sp³-hybridized carbons (Fsp3) is 0.864. The molecule has 3 heteroatoms. The standard InChI is InChI=1S/C22H30O3/c23-21(25-22(7-1-2-8-22)18-4-3-9-24-18)17-12-15-11-16(17)20-14-6-5-13(10-14)19(15)20/h5-6,13-20H,1-4,7-12H2. The molecule has 0 radical (unpaired) electrons. The average Bonchev–Trinajstić information content (AvgIpc) is 3.45. The lowest BCUT2D eigenvalue weighted by molar-refractivity contribution is -0.181. The van der Waals surface area contributed by atoms with Crippen molar-refractivity contribution in [1.82, 2.24) is 0 Å². The molecule has 0 N–H and O–H groups in total. The van der Waals surface area contributed by atoms with Crippen LogP contribution < -0.4 is 0 Å². The van der Waals surface area contributed by atoms with Crippen LogP contribution in [-0.4, -0.2) is 24.3 Å². The molecule has 1 saturated heterocycles. The van der Waals surface area contributed by atoms with Crippen LogP contribution in [0.1, 0.15) is 57.8 Å². The molecule has 6 aliphatic rings. The molecule has 1 aliphatic heterocycles. The first-order valence-electron chi connectivity index (χ1n) is 10.8. The summed E-state index contributed by atoms with van der Waals surface area (Å²) in [5, 5.41) is 0. The number of allylic oxidation sites excluding steroid dienone is 2. The number of hydrogen-bond acceptors (Lipinski definition) is 3. The molecule has 0 spiro atoms. The Morgan fingerprint density at radius 1 is 1.00 bits per heavy atom. The fourth-order valence-electron chi connectivity index (χ4n) is 8.02. The van der Waals surface area contributed by atoms with E-state index in [0.717, 1.165) is 68.3 Å². The summed E-state index contributed by atoms with van der Waals surface area (Å²) < 4.78 is 12.4. The summed E-state index contributed by atoms with van der Waals surface area (Å²) in [5.74, 6) is 4.97. The summed E-state index contributed by atoms with van der Waals surface area (Å²) >= 11 is 0. The molecule has 0 amide bonds. The van der Waals surface area contributed by atoms with E-state index in [1.807, 2.05) is 0 Å². The number of carbonyl (C=O) groups excluding carboxylic acids is 1. The molecule has 8 unspecified atom stereocenters. The van der Waals surface area contributed by atoms with Crippen molar-refractivity contribution in [1.29, 1.82) is 0 Å². The van der Waals surface area contributed by atoms with Gasteiger partial charge in [-0.3, -0.25) is 4.79 Å². The van der Waals surface area contributed by atoms with Crippen LogP contribution in [-0.2, 0) is 14.3 Å². The second-order valence-corrected chi connectivity index (χ2v) is 9.80. The number of hydrogen-bond donors (Lipinski definition) is 0. The quantitative estimate of drug-likeness (QED) is 0.440. The summed E-state index contributed by atoms with van der Waals surface area (Å²) in [7, 11) is 0. The van der Waals surface area contributed by atoms with E-state index in [-0.39, 0.29) is 23.6 Å². The third kappa shape index (κ3) is 2.05. The zero-order valence-corrected chi connectivity index (χ0v) is 15.1. The number of esters is 1. The molecule has 6 rings (SSSR count). The molecule has 5 aliphatic carbocycles. The molecular formula is C22H30O3. The van der Waals surface area contributed by atoms with Crippen LogP contribution in [0.4, 0.5) is 0 Å². The van der Waals surface area contributed by atoms with Crippen molar-refractivity contribution in [2.24, 2.45) is 41.4 Å². The molecular weight excluding hydrogens is 312 g/mol. The first kappa shape index (κ1) is 15.2. The number of carbonyl (C=O) groups is 1. The second-order valence-electron chi connectivity index (χ2n) is 9.80. The Hall–Kier alpha value is -0.830. The Bertz CT molecular complexity index is 598. The van der Waals surface area contributed by atoms with Crippen LogP contribution in [0.2, 0.25) is 0 Å². The van der Waals surface area contributed by atoms with Crippen molar-refractivity contribution < 1.29 is 14.3 Å². The first-order valence-corrected chi connectivity index (χ1v) is 10.8. The summed E-state index contributed by atoms with van der Waals surface area (Å²) in [6.07, 6.45) is 15.4. The Kier molecular flexibility index (Phi) is 3.26. The van der Waals surface area contributed by atoms with Crippen LogP contribution in [0.3, 0.4) is 0 Å². The molecule has 3 nitrogen and oxygen atoms in total. The average molecular weight is 342 g/mol. The maximum atomic E-state index is 13.3. The molecule has 5 fully saturated rings. The maximum Gasteiger partial charge on any atom is 0.309 e. The van der Waals surface area contributed by atoms with E-state index in [9.17, 15) is 4.79 Å². The molecule has 8 atom stereocenters. The highest BCUT2D eigenvalue weighted by atomic mass is 16.6. The van der Waals surface area contributed by atoms with Gasteiger partial charge in [0, 0.05) is 6.61 Å². The first-order chi connectivity index (χ1) is 12.3. The SMILES string of the molecule is O=C(OC1(C2CCCO2)CCCC1)C1CC2CC1C1C3C=CC(C3)C21. The lowest BCUT2D eigenvalue weighted by Crippen LogP contribution is -2.46. The summed E-state index contributed by atoms with van der Waals surface area (Å²) in [6, 6.07) is 0. The number of ether oxygens (including phenoxy) is 2. The van der Waals surface area contributed by atoms with E-state index in [1.54, 1.807) is 0 Å². The predicted molar refractivity (Wildman–Crippen MR) is 93.7 cm³/mol. The van der Waals surface area contributed by atoms with Crippen LogP contribution in [0.25, 0.3) is 0 Å². The predicted octanol–water partition coefficient (Wildman–Crippen LogP) is 4.12. The molecule has 4 saturated carbocycles. The minimum atomic E-state index is -0.288. The monoisotopic (exact) mass is 342 g/mol. The van der Waals surface area contributed by atoms with Crippen LogP contribution in [0.15, 0.2) is 12.2 Å². The minimum absolute atomic E-state index is 0.134. The van der Waals surface area contributed by atoms with Gasteiger partial charge in [-0.2, -0.15) is 0 Å². The fourth-order valence-corrected chi connectivity index (χ4v) is 8.02. The van der Waals surface area contributed by atoms with Gasteiger partial charge < -0.3 is 9.47 Å². The van der Waals surface area contributed by atoms with Gasteiger partial charge in [0.05, 0.1) is 12.0 Å². The normalized spacial score (nSPS) is 51.4. The van der Waals surface area contributed by atoms with Crippen molar-refractivity contribution in [2.75, 3.05) is 6.61 Å². The highest BCUT2D eigenvalue weighted by Gasteiger charge is 2.63. The van der Waals surface area contributed by atoms with E-state index >= 15 is 0 Å². The lowest BCUT2D eigenvalue weighted by Gasteiger charge is -2.39. The minimum Gasteiger partial charge on any atom is -0.456 e. The summed E-state index contributed by atoms with van der Waals surface area (Å²) in [4.78, 5) is 13.3. The molecule has 0 aromatic rings. The van der Waals surface area contributed by atoms with Gasteiger partial charge in [0.2, 0.25) is 0 Å². The molecule has 136 valence electrons. The van der Waals surface area contributed by atoms with Crippen LogP contribution >= 0.6 is 0 Å². The zero-order valence-electron chi connectivity index (χ0n) is 15.1. The number of rotatable bonds is 3. The van der Waals surface area contributed by atoms with Gasteiger partial charge in [-0.1, -0.05) is 12.2 Å². The van der Waals surface area contributed by atoms with Crippen molar-refractivity contribution in [3.63, 3.8) is 0 Å². The molecule has 4 bridgehead atoms. The van der Waals surface area contributed by atoms with Gasteiger partial charge in [0.15, 0.2) is 0 Å². The lowest BCUT2D eigenvalue weighted by atomic mass is 9.69. The number of fused-ring (bicyclic) bond motifs is 9. The van der Waals surface area contributed by atoms with Crippen molar-refractivity contribution in [2.45, 2.75) is 69.5 Å². The summed E-state index contributed by atoms with van der Waals surface area (Å²) in [6.45, 7) is 0.844. The largest absolute Gasteiger partial charge is 0.456 e. The van der Waals surface area contributed by atoms with Gasteiger partial charge in [0.25, 0.3) is 0 Å². The third-order valence-electron chi connectivity index (χ3n) is 8.84. The van der Waals surface area contributed by atoms with Crippen molar-refractivity contribution >= 4 is 5.97 Å². The molecule has 0 aromatic carbocycles. The topological polar surface area (TPSA) is 35.5 Å².